The molecule has 90 valence electrons. The normalized spacial score (nSPS) is 27.6. The van der Waals surface area contributed by atoms with E-state index in [1.165, 1.54) is 5.70 Å². The van der Waals surface area contributed by atoms with Crippen molar-refractivity contribution in [2.75, 3.05) is 0 Å². The van der Waals surface area contributed by atoms with E-state index in [9.17, 15) is 4.79 Å². The summed E-state index contributed by atoms with van der Waals surface area (Å²) in [5.74, 6) is 0.217. The Labute approximate surface area is 101 Å². The molecule has 1 fully saturated rings. The monoisotopic (exact) mass is 231 g/mol. The maximum absolute atomic E-state index is 12.0. The summed E-state index contributed by atoms with van der Waals surface area (Å²) >= 11 is 0. The van der Waals surface area contributed by atoms with Gasteiger partial charge in [0.2, 0.25) is 0 Å². The van der Waals surface area contributed by atoms with E-state index in [2.05, 4.69) is 29.3 Å². The van der Waals surface area contributed by atoms with Crippen molar-refractivity contribution in [2.45, 2.75) is 32.7 Å². The van der Waals surface area contributed by atoms with Gasteiger partial charge in [-0.3, -0.25) is 20.2 Å². The minimum absolute atomic E-state index is 0.0457. The maximum Gasteiger partial charge on any atom is 0.251 e. The lowest BCUT2D eigenvalue weighted by atomic mass is 9.94. The molecular formula is C13H17N3O. The second-order valence-corrected chi connectivity index (χ2v) is 5.14. The van der Waals surface area contributed by atoms with Crippen molar-refractivity contribution in [3.63, 3.8) is 0 Å². The number of hydrogen-bond acceptors (Lipinski definition) is 3. The molecule has 0 aromatic heterocycles. The largest absolute Gasteiger partial charge is 0.284 e. The summed E-state index contributed by atoms with van der Waals surface area (Å²) in [4.78, 5) is 16.5. The molecule has 2 aliphatic heterocycles. The number of hydrazine groups is 1. The van der Waals surface area contributed by atoms with Crippen LogP contribution in [0.25, 0.3) is 0 Å². The average Bonchev–Trinajstić information content (AvgIpc) is 3.12. The predicted octanol–water partition coefficient (Wildman–Crippen LogP) is 1.62. The number of nitrogens with zero attached hydrogens (tertiary/aromatic N) is 2. The SMILES string of the molecule is CC(C)C1=C2N=CC=CC2C(=O)NN1C1CC1. The Morgan fingerprint density at radius 1 is 1.47 bits per heavy atom. The standard InChI is InChI=1S/C13H17N3O/c1-8(2)12-11-10(4-3-7-14-11)13(17)15-16(12)9-5-6-9/h3-4,7-10H,5-6H2,1-2H3,(H,15,17). The number of amides is 1. The zero-order valence-corrected chi connectivity index (χ0v) is 10.2. The van der Waals surface area contributed by atoms with Crippen LogP contribution in [-0.2, 0) is 4.79 Å². The van der Waals surface area contributed by atoms with Crippen molar-refractivity contribution in [3.8, 4) is 0 Å². The van der Waals surface area contributed by atoms with Crippen molar-refractivity contribution in [2.24, 2.45) is 16.8 Å². The first-order valence-corrected chi connectivity index (χ1v) is 6.23. The summed E-state index contributed by atoms with van der Waals surface area (Å²) < 4.78 is 0. The fourth-order valence-corrected chi connectivity index (χ4v) is 2.46. The second-order valence-electron chi connectivity index (χ2n) is 5.14. The number of dihydropyridines is 1. The molecule has 1 amide bonds. The van der Waals surface area contributed by atoms with Crippen molar-refractivity contribution in [1.29, 1.82) is 0 Å². The first-order chi connectivity index (χ1) is 8.18. The molecule has 0 spiro atoms. The van der Waals surface area contributed by atoms with Crippen molar-refractivity contribution < 1.29 is 4.79 Å². The van der Waals surface area contributed by atoms with E-state index in [4.69, 9.17) is 0 Å². The quantitative estimate of drug-likeness (QED) is 0.785. The van der Waals surface area contributed by atoms with E-state index in [0.717, 1.165) is 18.5 Å². The zero-order valence-electron chi connectivity index (χ0n) is 10.2. The van der Waals surface area contributed by atoms with Crippen LogP contribution in [0.5, 0.6) is 0 Å². The molecule has 0 aromatic rings. The van der Waals surface area contributed by atoms with Gasteiger partial charge in [0, 0.05) is 6.21 Å². The molecule has 0 radical (unpaired) electrons. The number of fused-ring (bicyclic) bond motifs is 1. The maximum atomic E-state index is 12.0. The molecule has 4 nitrogen and oxygen atoms in total. The summed E-state index contributed by atoms with van der Waals surface area (Å²) in [6, 6.07) is 0.478. The van der Waals surface area contributed by atoms with Crippen LogP contribution in [0.1, 0.15) is 26.7 Å². The summed E-state index contributed by atoms with van der Waals surface area (Å²) in [7, 11) is 0. The first kappa shape index (κ1) is 10.6. The molecule has 0 bridgehead atoms. The Morgan fingerprint density at radius 2 is 2.24 bits per heavy atom. The van der Waals surface area contributed by atoms with Crippen LogP contribution < -0.4 is 5.43 Å². The Bertz CT molecular complexity index is 444. The molecule has 0 aromatic carbocycles. The highest BCUT2D eigenvalue weighted by atomic mass is 16.2. The van der Waals surface area contributed by atoms with Crippen molar-refractivity contribution >= 4 is 12.1 Å². The lowest BCUT2D eigenvalue weighted by molar-refractivity contribution is -0.128. The van der Waals surface area contributed by atoms with E-state index >= 15 is 0 Å². The van der Waals surface area contributed by atoms with Crippen LogP contribution in [0.3, 0.4) is 0 Å². The Morgan fingerprint density at radius 3 is 2.88 bits per heavy atom. The number of carbonyl (C=O) groups excluding carboxylic acids is 1. The highest BCUT2D eigenvalue weighted by molar-refractivity contribution is 5.88. The van der Waals surface area contributed by atoms with Crippen LogP contribution in [-0.4, -0.2) is 23.2 Å². The number of allylic oxidation sites excluding steroid dienone is 2. The molecule has 1 N–H and O–H groups in total. The molecule has 1 unspecified atom stereocenters. The number of carbonyl (C=O) groups is 1. The number of aliphatic imine (C=N–C) groups is 1. The van der Waals surface area contributed by atoms with E-state index in [-0.39, 0.29) is 11.8 Å². The predicted molar refractivity (Wildman–Crippen MR) is 66.0 cm³/mol. The van der Waals surface area contributed by atoms with Gasteiger partial charge >= 0.3 is 0 Å². The number of rotatable bonds is 2. The molecular weight excluding hydrogens is 214 g/mol. The second kappa shape index (κ2) is 3.72. The lowest BCUT2D eigenvalue weighted by Gasteiger charge is -2.38. The topological polar surface area (TPSA) is 44.7 Å². The van der Waals surface area contributed by atoms with E-state index < -0.39 is 0 Å². The molecule has 0 saturated heterocycles. The van der Waals surface area contributed by atoms with Gasteiger partial charge in [-0.2, -0.15) is 0 Å². The van der Waals surface area contributed by atoms with Gasteiger partial charge in [-0.1, -0.05) is 19.9 Å². The Kier molecular flexibility index (Phi) is 2.31. The van der Waals surface area contributed by atoms with Gasteiger partial charge in [-0.15, -0.1) is 0 Å². The third-order valence-electron chi connectivity index (χ3n) is 3.39. The smallest absolute Gasteiger partial charge is 0.251 e. The van der Waals surface area contributed by atoms with Gasteiger partial charge < -0.3 is 0 Å². The Hall–Kier alpha value is -1.58. The Balaban J connectivity index is 2.07. The molecule has 1 atom stereocenters. The minimum Gasteiger partial charge on any atom is -0.284 e. The van der Waals surface area contributed by atoms with Gasteiger partial charge in [0.1, 0.15) is 5.92 Å². The highest BCUT2D eigenvalue weighted by Crippen LogP contribution is 2.37. The zero-order chi connectivity index (χ0) is 12.0. The molecule has 17 heavy (non-hydrogen) atoms. The molecule has 1 aliphatic carbocycles. The summed E-state index contributed by atoms with van der Waals surface area (Å²) in [6.45, 7) is 4.31. The van der Waals surface area contributed by atoms with Crippen molar-refractivity contribution in [3.05, 3.63) is 23.5 Å². The third-order valence-corrected chi connectivity index (χ3v) is 3.39. The van der Waals surface area contributed by atoms with Crippen LogP contribution >= 0.6 is 0 Å². The molecule has 1 saturated carbocycles. The molecule has 3 aliphatic rings. The van der Waals surface area contributed by atoms with Gasteiger partial charge in [-0.25, -0.2) is 0 Å². The number of nitrogens with one attached hydrogen (secondary N) is 1. The average molecular weight is 231 g/mol. The van der Waals surface area contributed by atoms with E-state index in [1.807, 2.05) is 12.2 Å². The molecule has 2 heterocycles. The summed E-state index contributed by atoms with van der Waals surface area (Å²) in [6.07, 6.45) is 7.86. The molecule has 4 heteroatoms. The highest BCUT2D eigenvalue weighted by Gasteiger charge is 2.40. The summed E-state index contributed by atoms with van der Waals surface area (Å²) in [5.41, 5.74) is 5.13. The third kappa shape index (κ3) is 1.68. The number of hydrogen-bond donors (Lipinski definition) is 1. The minimum atomic E-state index is -0.201. The van der Waals surface area contributed by atoms with E-state index in [0.29, 0.717) is 12.0 Å². The van der Waals surface area contributed by atoms with Crippen LogP contribution in [0.2, 0.25) is 0 Å². The van der Waals surface area contributed by atoms with Gasteiger partial charge in [0.05, 0.1) is 17.4 Å². The molecule has 3 rings (SSSR count). The van der Waals surface area contributed by atoms with Gasteiger partial charge in [-0.05, 0) is 24.8 Å². The fraction of sp³-hybridized carbons (Fsp3) is 0.538. The van der Waals surface area contributed by atoms with Crippen LogP contribution in [0, 0.1) is 11.8 Å². The lowest BCUT2D eigenvalue weighted by Crippen LogP contribution is -2.51. The van der Waals surface area contributed by atoms with Crippen LogP contribution in [0.4, 0.5) is 0 Å². The van der Waals surface area contributed by atoms with Crippen molar-refractivity contribution in [1.82, 2.24) is 10.4 Å². The first-order valence-electron chi connectivity index (χ1n) is 6.23. The van der Waals surface area contributed by atoms with Gasteiger partial charge in [0.25, 0.3) is 5.91 Å². The van der Waals surface area contributed by atoms with E-state index in [1.54, 1.807) is 6.21 Å². The van der Waals surface area contributed by atoms with Crippen LogP contribution in [0.15, 0.2) is 28.5 Å². The fourth-order valence-electron chi connectivity index (χ4n) is 2.46. The summed E-state index contributed by atoms with van der Waals surface area (Å²) in [5, 5.41) is 2.05. The van der Waals surface area contributed by atoms with Gasteiger partial charge in [0.15, 0.2) is 0 Å².